The summed E-state index contributed by atoms with van der Waals surface area (Å²) in [7, 11) is 0. The molecule has 0 aromatic rings. The van der Waals surface area contributed by atoms with Crippen LogP contribution in [0.4, 0.5) is 0 Å². The average molecular weight is 258 g/mol. The van der Waals surface area contributed by atoms with Gasteiger partial charge in [-0.25, -0.2) is 0 Å². The summed E-state index contributed by atoms with van der Waals surface area (Å²) in [5, 5.41) is 17.9. The molecular weight excluding hydrogens is 232 g/mol. The van der Waals surface area contributed by atoms with Gasteiger partial charge in [-0.05, 0) is 32.2 Å². The fraction of sp³-hybridized carbons (Fsp3) is 1.00. The summed E-state index contributed by atoms with van der Waals surface area (Å²) in [5.74, 6) is 0. The smallest absolute Gasteiger partial charge is 0.111 e. The molecule has 0 aromatic carbocycles. The maximum absolute atomic E-state index is 8.94. The summed E-state index contributed by atoms with van der Waals surface area (Å²) in [6.07, 6.45) is 5.59. The number of fused-ring (bicyclic) bond motifs is 2. The van der Waals surface area contributed by atoms with E-state index in [1.165, 1.54) is 19.3 Å². The zero-order chi connectivity index (χ0) is 12.8. The van der Waals surface area contributed by atoms with E-state index >= 15 is 0 Å². The molecule has 2 heterocycles. The summed E-state index contributed by atoms with van der Waals surface area (Å²) < 4.78 is 5.89. The molecule has 2 atom stereocenters. The Bertz CT molecular complexity index is 234. The lowest BCUT2D eigenvalue weighted by Gasteiger charge is -2.25. The molecule has 2 saturated heterocycles. The molecule has 0 aromatic heterocycles. The van der Waals surface area contributed by atoms with Crippen molar-refractivity contribution < 1.29 is 14.9 Å². The Kier molecular flexibility index (Phi) is 5.85. The highest BCUT2D eigenvalue weighted by molar-refractivity contribution is 4.82. The summed E-state index contributed by atoms with van der Waals surface area (Å²) >= 11 is 0. The lowest BCUT2D eigenvalue weighted by Crippen LogP contribution is -2.35. The van der Waals surface area contributed by atoms with Gasteiger partial charge in [0.1, 0.15) is 6.23 Å². The first-order valence-electron chi connectivity index (χ1n) is 7.17. The monoisotopic (exact) mass is 258 g/mol. The van der Waals surface area contributed by atoms with E-state index in [1.54, 1.807) is 0 Å². The number of aliphatic hydroxyl groups is 2. The zero-order valence-corrected chi connectivity index (χ0v) is 11.1. The molecule has 5 nitrogen and oxygen atoms in total. The molecule has 2 fully saturated rings. The van der Waals surface area contributed by atoms with Crippen LogP contribution in [-0.4, -0.2) is 78.3 Å². The molecule has 0 spiro atoms. The fourth-order valence-electron chi connectivity index (χ4n) is 3.01. The Morgan fingerprint density at radius 1 is 1.11 bits per heavy atom. The van der Waals surface area contributed by atoms with E-state index in [1.807, 2.05) is 0 Å². The number of ether oxygens (including phenoxy) is 1. The van der Waals surface area contributed by atoms with E-state index in [9.17, 15) is 0 Å². The topological polar surface area (TPSA) is 56.2 Å². The van der Waals surface area contributed by atoms with Gasteiger partial charge in [0.25, 0.3) is 0 Å². The van der Waals surface area contributed by atoms with Crippen LogP contribution in [0.5, 0.6) is 0 Å². The van der Waals surface area contributed by atoms with Crippen LogP contribution in [0.2, 0.25) is 0 Å². The second kappa shape index (κ2) is 7.40. The van der Waals surface area contributed by atoms with Gasteiger partial charge in [0, 0.05) is 26.2 Å². The highest BCUT2D eigenvalue weighted by Gasteiger charge is 2.35. The molecule has 2 bridgehead atoms. The predicted molar refractivity (Wildman–Crippen MR) is 69.3 cm³/mol. The molecule has 18 heavy (non-hydrogen) atoms. The molecule has 5 heteroatoms. The molecule has 106 valence electrons. The average Bonchev–Trinajstić information content (AvgIpc) is 2.64. The van der Waals surface area contributed by atoms with Crippen LogP contribution in [0.1, 0.15) is 25.7 Å². The van der Waals surface area contributed by atoms with Gasteiger partial charge in [-0.15, -0.1) is 0 Å². The first-order valence-corrected chi connectivity index (χ1v) is 7.17. The second-order valence-electron chi connectivity index (χ2n) is 5.28. The largest absolute Gasteiger partial charge is 0.395 e. The number of hydrogen-bond acceptors (Lipinski definition) is 5. The Balaban J connectivity index is 1.65. The van der Waals surface area contributed by atoms with E-state index in [0.717, 1.165) is 26.1 Å². The summed E-state index contributed by atoms with van der Waals surface area (Å²) in [6.45, 7) is 4.73. The van der Waals surface area contributed by atoms with Crippen LogP contribution in [-0.2, 0) is 4.74 Å². The minimum absolute atomic E-state index is 0.164. The molecule has 2 aliphatic rings. The minimum Gasteiger partial charge on any atom is -0.395 e. The summed E-state index contributed by atoms with van der Waals surface area (Å²) in [6, 6.07) is 0. The number of likely N-dealkylation sites (tertiary alicyclic amines) is 1. The molecular formula is C13H26N2O3. The molecule has 2 N–H and O–H groups in total. The number of hydrogen-bond donors (Lipinski definition) is 2. The SMILES string of the molecule is OCCN(CCO)CCCN1CC2CCCC1O2. The van der Waals surface area contributed by atoms with Crippen molar-refractivity contribution in [2.45, 2.75) is 38.0 Å². The van der Waals surface area contributed by atoms with Gasteiger partial charge in [0.05, 0.1) is 19.3 Å². The molecule has 0 aliphatic carbocycles. The van der Waals surface area contributed by atoms with E-state index in [-0.39, 0.29) is 13.2 Å². The van der Waals surface area contributed by atoms with Crippen LogP contribution >= 0.6 is 0 Å². The first kappa shape index (κ1) is 14.2. The second-order valence-corrected chi connectivity index (χ2v) is 5.28. The highest BCUT2D eigenvalue weighted by Crippen LogP contribution is 2.29. The highest BCUT2D eigenvalue weighted by atomic mass is 16.5. The third kappa shape index (κ3) is 3.90. The maximum atomic E-state index is 8.94. The van der Waals surface area contributed by atoms with Gasteiger partial charge in [-0.3, -0.25) is 9.80 Å². The van der Waals surface area contributed by atoms with Crippen molar-refractivity contribution in [3.8, 4) is 0 Å². The Morgan fingerprint density at radius 2 is 1.89 bits per heavy atom. The maximum Gasteiger partial charge on any atom is 0.111 e. The van der Waals surface area contributed by atoms with Crippen LogP contribution in [0, 0.1) is 0 Å². The molecule has 2 aliphatic heterocycles. The molecule has 2 unspecified atom stereocenters. The van der Waals surface area contributed by atoms with Crippen LogP contribution in [0.15, 0.2) is 0 Å². The van der Waals surface area contributed by atoms with E-state index < -0.39 is 0 Å². The van der Waals surface area contributed by atoms with Gasteiger partial charge >= 0.3 is 0 Å². The quantitative estimate of drug-likeness (QED) is 0.635. The number of rotatable bonds is 8. The zero-order valence-electron chi connectivity index (χ0n) is 11.1. The van der Waals surface area contributed by atoms with Crippen molar-refractivity contribution in [1.82, 2.24) is 9.80 Å². The van der Waals surface area contributed by atoms with E-state index in [0.29, 0.717) is 25.4 Å². The Morgan fingerprint density at radius 3 is 2.56 bits per heavy atom. The number of aliphatic hydroxyl groups excluding tert-OH is 2. The lowest BCUT2D eigenvalue weighted by atomic mass is 10.1. The standard InChI is InChI=1S/C13H26N2O3/c16-9-7-14(8-10-17)5-2-6-15-11-12-3-1-4-13(15)18-12/h12-13,16-17H,1-11H2. The molecule has 0 saturated carbocycles. The normalized spacial score (nSPS) is 28.2. The van der Waals surface area contributed by atoms with Crippen LogP contribution in [0.3, 0.4) is 0 Å². The molecule has 0 amide bonds. The summed E-state index contributed by atoms with van der Waals surface area (Å²) in [4.78, 5) is 4.57. The third-order valence-electron chi connectivity index (χ3n) is 3.92. The van der Waals surface area contributed by atoms with E-state index in [2.05, 4.69) is 9.80 Å². The van der Waals surface area contributed by atoms with Gasteiger partial charge in [-0.2, -0.15) is 0 Å². The van der Waals surface area contributed by atoms with Crippen LogP contribution < -0.4 is 0 Å². The van der Waals surface area contributed by atoms with Gasteiger partial charge in [0.2, 0.25) is 0 Å². The Hall–Kier alpha value is -0.200. The predicted octanol–water partition coefficient (Wildman–Crippen LogP) is -0.126. The minimum atomic E-state index is 0.164. The fourth-order valence-corrected chi connectivity index (χ4v) is 3.01. The molecule has 0 radical (unpaired) electrons. The number of nitrogens with zero attached hydrogens (tertiary/aromatic N) is 2. The van der Waals surface area contributed by atoms with Gasteiger partial charge in [0.15, 0.2) is 0 Å². The van der Waals surface area contributed by atoms with Crippen molar-refractivity contribution in [2.75, 3.05) is 45.9 Å². The van der Waals surface area contributed by atoms with Crippen LogP contribution in [0.25, 0.3) is 0 Å². The van der Waals surface area contributed by atoms with Crippen molar-refractivity contribution >= 4 is 0 Å². The third-order valence-corrected chi connectivity index (χ3v) is 3.92. The summed E-state index contributed by atoms with van der Waals surface area (Å²) in [5.41, 5.74) is 0. The lowest BCUT2D eigenvalue weighted by molar-refractivity contribution is -0.0338. The van der Waals surface area contributed by atoms with Gasteiger partial charge < -0.3 is 14.9 Å². The Labute approximate surface area is 109 Å². The van der Waals surface area contributed by atoms with Crippen molar-refractivity contribution in [3.05, 3.63) is 0 Å². The van der Waals surface area contributed by atoms with Crippen molar-refractivity contribution in [2.24, 2.45) is 0 Å². The van der Waals surface area contributed by atoms with Gasteiger partial charge in [-0.1, -0.05) is 0 Å². The molecule has 2 rings (SSSR count). The van der Waals surface area contributed by atoms with Crippen molar-refractivity contribution in [1.29, 1.82) is 0 Å². The van der Waals surface area contributed by atoms with Crippen molar-refractivity contribution in [3.63, 3.8) is 0 Å². The first-order chi connectivity index (χ1) is 8.83. The van der Waals surface area contributed by atoms with E-state index in [4.69, 9.17) is 14.9 Å².